The minimum atomic E-state index is -3.89. The molecule has 3 heterocycles. The Morgan fingerprint density at radius 3 is 2.36 bits per heavy atom. The maximum Gasteiger partial charge on any atom is 0.261 e. The number of carbonyl (C=O) groups excluding carboxylic acids is 2. The van der Waals surface area contributed by atoms with Crippen molar-refractivity contribution in [1.82, 2.24) is 9.38 Å². The number of nitrogens with one attached hydrogen (secondary N) is 1. The molecule has 0 unspecified atom stereocenters. The van der Waals surface area contributed by atoms with Gasteiger partial charge in [-0.25, -0.2) is 13.4 Å². The number of carbonyl (C=O) groups is 2. The van der Waals surface area contributed by atoms with Gasteiger partial charge in [0.15, 0.2) is 0 Å². The fourth-order valence-electron chi connectivity index (χ4n) is 3.81. The zero-order valence-electron chi connectivity index (χ0n) is 17.7. The Balaban J connectivity index is 1.43. The average molecular weight is 461 g/mol. The molecular weight excluding hydrogens is 440 g/mol. The number of hydrogen-bond donors (Lipinski definition) is 1. The number of anilines is 2. The van der Waals surface area contributed by atoms with E-state index in [9.17, 15) is 18.0 Å². The summed E-state index contributed by atoms with van der Waals surface area (Å²) in [5, 5.41) is 0. The maximum absolute atomic E-state index is 13.0. The lowest BCUT2D eigenvalue weighted by molar-refractivity contribution is -0.121. The van der Waals surface area contributed by atoms with E-state index >= 15 is 0 Å². The van der Waals surface area contributed by atoms with Crippen LogP contribution in [0.15, 0.2) is 78.0 Å². The number of hydrogen-bond acceptors (Lipinski definition) is 5. The van der Waals surface area contributed by atoms with E-state index in [1.807, 2.05) is 54.0 Å². The third-order valence-corrected chi connectivity index (χ3v) is 6.98. The van der Waals surface area contributed by atoms with Crippen molar-refractivity contribution in [2.75, 3.05) is 9.62 Å². The fourth-order valence-corrected chi connectivity index (χ4v) is 4.93. The molecule has 0 bridgehead atoms. The lowest BCUT2D eigenvalue weighted by Gasteiger charge is -2.15. The summed E-state index contributed by atoms with van der Waals surface area (Å²) >= 11 is 0. The van der Waals surface area contributed by atoms with Gasteiger partial charge < -0.3 is 4.40 Å². The van der Waals surface area contributed by atoms with Crippen LogP contribution in [-0.4, -0.2) is 29.6 Å². The van der Waals surface area contributed by atoms with E-state index < -0.39 is 10.0 Å². The maximum atomic E-state index is 13.0. The number of rotatable bonds is 5. The van der Waals surface area contributed by atoms with Crippen molar-refractivity contribution in [3.05, 3.63) is 78.6 Å². The van der Waals surface area contributed by atoms with Crippen LogP contribution in [-0.2, 0) is 19.6 Å². The predicted octanol–water partition coefficient (Wildman–Crippen LogP) is 3.76. The van der Waals surface area contributed by atoms with Crippen LogP contribution in [0.3, 0.4) is 0 Å². The van der Waals surface area contributed by atoms with Crippen molar-refractivity contribution in [1.29, 1.82) is 0 Å². The van der Waals surface area contributed by atoms with Crippen molar-refractivity contribution < 1.29 is 18.0 Å². The third-order valence-electron chi connectivity index (χ3n) is 5.60. The first kappa shape index (κ1) is 20.9. The van der Waals surface area contributed by atoms with Crippen LogP contribution >= 0.6 is 0 Å². The highest BCUT2D eigenvalue weighted by molar-refractivity contribution is 7.92. The molecule has 2 amide bonds. The van der Waals surface area contributed by atoms with Gasteiger partial charge >= 0.3 is 0 Å². The highest BCUT2D eigenvalue weighted by Crippen LogP contribution is 2.28. The first-order chi connectivity index (χ1) is 15.8. The zero-order valence-corrected chi connectivity index (χ0v) is 18.5. The normalized spacial score (nSPS) is 14.3. The van der Waals surface area contributed by atoms with Crippen molar-refractivity contribution in [3.8, 4) is 11.3 Å². The Hall–Kier alpha value is -3.98. The first-order valence-electron chi connectivity index (χ1n) is 10.4. The summed E-state index contributed by atoms with van der Waals surface area (Å²) in [6.07, 6.45) is 4.12. The van der Waals surface area contributed by atoms with Gasteiger partial charge in [0.2, 0.25) is 11.8 Å². The Morgan fingerprint density at radius 1 is 0.939 bits per heavy atom. The van der Waals surface area contributed by atoms with Gasteiger partial charge in [0.05, 0.1) is 22.0 Å². The molecule has 2 aromatic heterocycles. The summed E-state index contributed by atoms with van der Waals surface area (Å²) in [4.78, 5) is 29.6. The molecule has 1 aliphatic rings. The van der Waals surface area contributed by atoms with E-state index in [4.69, 9.17) is 0 Å². The highest BCUT2D eigenvalue weighted by atomic mass is 32.2. The van der Waals surface area contributed by atoms with Crippen LogP contribution in [0.25, 0.3) is 16.9 Å². The number of sulfonamides is 1. The number of aryl methyl sites for hydroxylation is 1. The van der Waals surface area contributed by atoms with E-state index in [2.05, 4.69) is 9.71 Å². The molecule has 1 aliphatic heterocycles. The molecule has 0 saturated carbocycles. The van der Waals surface area contributed by atoms with E-state index in [-0.39, 0.29) is 29.6 Å². The topological polar surface area (TPSA) is 101 Å². The molecule has 166 valence electrons. The molecule has 0 spiro atoms. The molecule has 8 nitrogen and oxygen atoms in total. The molecule has 2 aromatic carbocycles. The number of pyridine rings is 1. The Labute approximate surface area is 190 Å². The van der Waals surface area contributed by atoms with Gasteiger partial charge in [-0.2, -0.15) is 0 Å². The molecule has 9 heteroatoms. The van der Waals surface area contributed by atoms with Crippen LogP contribution < -0.4 is 9.62 Å². The predicted molar refractivity (Wildman–Crippen MR) is 124 cm³/mol. The number of fused-ring (bicyclic) bond motifs is 1. The summed E-state index contributed by atoms with van der Waals surface area (Å²) < 4.78 is 30.6. The van der Waals surface area contributed by atoms with E-state index in [1.54, 1.807) is 6.07 Å². The molecule has 5 rings (SSSR count). The zero-order chi connectivity index (χ0) is 23.2. The number of imidazole rings is 1. The summed E-state index contributed by atoms with van der Waals surface area (Å²) in [5.74, 6) is -0.568. The van der Waals surface area contributed by atoms with Crippen LogP contribution in [0, 0.1) is 6.92 Å². The van der Waals surface area contributed by atoms with Crippen LogP contribution in [0.4, 0.5) is 11.4 Å². The number of imide groups is 1. The lowest BCUT2D eigenvalue weighted by atomic mass is 10.1. The first-order valence-corrected chi connectivity index (χ1v) is 11.8. The largest absolute Gasteiger partial charge is 0.306 e. The summed E-state index contributed by atoms with van der Waals surface area (Å²) in [6, 6.07) is 16.9. The van der Waals surface area contributed by atoms with Crippen molar-refractivity contribution in [2.24, 2.45) is 0 Å². The minimum Gasteiger partial charge on any atom is -0.306 e. The minimum absolute atomic E-state index is 0.0304. The molecule has 1 N–H and O–H groups in total. The van der Waals surface area contributed by atoms with Gasteiger partial charge in [-0.1, -0.05) is 18.2 Å². The van der Waals surface area contributed by atoms with E-state index in [1.165, 1.54) is 24.3 Å². The van der Waals surface area contributed by atoms with Crippen LogP contribution in [0.2, 0.25) is 0 Å². The van der Waals surface area contributed by atoms with Crippen LogP contribution in [0.5, 0.6) is 0 Å². The Morgan fingerprint density at radius 2 is 1.67 bits per heavy atom. The van der Waals surface area contributed by atoms with Crippen molar-refractivity contribution in [2.45, 2.75) is 24.7 Å². The Kier molecular flexibility index (Phi) is 4.98. The molecule has 1 fully saturated rings. The van der Waals surface area contributed by atoms with Gasteiger partial charge in [-0.15, -0.1) is 0 Å². The number of aromatic nitrogens is 2. The van der Waals surface area contributed by atoms with Gasteiger partial charge in [-0.3, -0.25) is 19.2 Å². The molecule has 1 saturated heterocycles. The smallest absolute Gasteiger partial charge is 0.261 e. The monoisotopic (exact) mass is 460 g/mol. The number of nitrogens with zero attached hydrogens (tertiary/aromatic N) is 3. The number of benzene rings is 2. The van der Waals surface area contributed by atoms with E-state index in [0.717, 1.165) is 27.4 Å². The summed E-state index contributed by atoms with van der Waals surface area (Å²) in [5.41, 5.74) is 3.88. The molecule has 0 radical (unpaired) electrons. The van der Waals surface area contributed by atoms with Gasteiger partial charge in [-0.05, 0) is 55.0 Å². The van der Waals surface area contributed by atoms with Gasteiger partial charge in [0.25, 0.3) is 10.0 Å². The van der Waals surface area contributed by atoms with Gasteiger partial charge in [0.1, 0.15) is 5.65 Å². The second-order valence-corrected chi connectivity index (χ2v) is 9.53. The molecule has 4 aromatic rings. The highest BCUT2D eigenvalue weighted by Gasteiger charge is 2.30. The second-order valence-electron chi connectivity index (χ2n) is 7.84. The average Bonchev–Trinajstić information content (AvgIpc) is 3.38. The quantitative estimate of drug-likeness (QED) is 0.457. The second kappa shape index (κ2) is 7.86. The lowest BCUT2D eigenvalue weighted by Crippen LogP contribution is -2.28. The fraction of sp³-hybridized carbons (Fsp3) is 0.125. The van der Waals surface area contributed by atoms with Crippen LogP contribution in [0.1, 0.15) is 18.4 Å². The standard InChI is InChI=1S/C24H20N4O4S/c1-16-5-6-17(21-15-27-13-3-2-4-22(27)25-21)14-20(16)26-33(31,32)19-9-7-18(8-10-19)28-23(29)11-12-24(28)30/h2-10,13-15,26H,11-12H2,1H3. The Bertz CT molecular complexity index is 1460. The van der Waals surface area contributed by atoms with Crippen molar-refractivity contribution in [3.63, 3.8) is 0 Å². The van der Waals surface area contributed by atoms with E-state index in [0.29, 0.717) is 11.4 Å². The van der Waals surface area contributed by atoms with Gasteiger partial charge in [0, 0.05) is 30.8 Å². The summed E-state index contributed by atoms with van der Waals surface area (Å²) in [6.45, 7) is 1.82. The third kappa shape index (κ3) is 3.87. The van der Waals surface area contributed by atoms with Crippen molar-refractivity contribution >= 4 is 38.9 Å². The SMILES string of the molecule is Cc1ccc(-c2cn3ccccc3n2)cc1NS(=O)(=O)c1ccc(N2C(=O)CCC2=O)cc1. The molecule has 0 atom stereocenters. The number of amides is 2. The molecular formula is C24H20N4O4S. The molecule has 33 heavy (non-hydrogen) atoms. The molecule has 0 aliphatic carbocycles. The summed E-state index contributed by atoms with van der Waals surface area (Å²) in [7, 11) is -3.89.